The van der Waals surface area contributed by atoms with Crippen LogP contribution in [0.1, 0.15) is 23.7 Å². The average Bonchev–Trinajstić information content (AvgIpc) is 2.52. The lowest BCUT2D eigenvalue weighted by Gasteiger charge is -2.12. The van der Waals surface area contributed by atoms with Crippen molar-refractivity contribution in [1.29, 1.82) is 0 Å². The molecule has 20 heavy (non-hydrogen) atoms. The molecule has 0 aliphatic rings. The van der Waals surface area contributed by atoms with Gasteiger partial charge in [0.15, 0.2) is 0 Å². The van der Waals surface area contributed by atoms with E-state index in [1.807, 2.05) is 48.5 Å². The Morgan fingerprint density at radius 2 is 1.60 bits per heavy atom. The number of benzene rings is 2. The van der Waals surface area contributed by atoms with Crippen molar-refractivity contribution in [2.24, 2.45) is 0 Å². The first-order valence-corrected chi connectivity index (χ1v) is 6.68. The van der Waals surface area contributed by atoms with Gasteiger partial charge in [-0.3, -0.25) is 0 Å². The van der Waals surface area contributed by atoms with Crippen LogP contribution in [0.15, 0.2) is 48.5 Å². The Labute approximate surface area is 119 Å². The van der Waals surface area contributed by atoms with E-state index >= 15 is 0 Å². The molecule has 0 spiro atoms. The van der Waals surface area contributed by atoms with Crippen molar-refractivity contribution in [1.82, 2.24) is 0 Å². The van der Waals surface area contributed by atoms with E-state index in [9.17, 15) is 5.11 Å². The summed E-state index contributed by atoms with van der Waals surface area (Å²) in [7, 11) is 3.28. The largest absolute Gasteiger partial charge is 0.497 e. The van der Waals surface area contributed by atoms with Crippen LogP contribution >= 0.6 is 0 Å². The molecule has 0 radical (unpaired) electrons. The van der Waals surface area contributed by atoms with E-state index < -0.39 is 6.10 Å². The lowest BCUT2D eigenvalue weighted by atomic mass is 10.0. The number of rotatable bonds is 6. The van der Waals surface area contributed by atoms with Crippen LogP contribution in [0.3, 0.4) is 0 Å². The molecule has 106 valence electrons. The Morgan fingerprint density at radius 3 is 2.30 bits per heavy atom. The molecule has 2 rings (SSSR count). The third-order valence-corrected chi connectivity index (χ3v) is 3.32. The molecule has 1 atom stereocenters. The van der Waals surface area contributed by atoms with Crippen LogP contribution in [-0.2, 0) is 6.42 Å². The Morgan fingerprint density at radius 1 is 0.950 bits per heavy atom. The summed E-state index contributed by atoms with van der Waals surface area (Å²) in [6.45, 7) is 0. The SMILES string of the molecule is COc1cccc(CCC(O)c2cccc(OC)c2)c1. The van der Waals surface area contributed by atoms with Gasteiger partial charge in [0.05, 0.1) is 20.3 Å². The van der Waals surface area contributed by atoms with Gasteiger partial charge in [0.1, 0.15) is 11.5 Å². The molecule has 0 aromatic heterocycles. The fourth-order valence-corrected chi connectivity index (χ4v) is 2.15. The van der Waals surface area contributed by atoms with E-state index in [1.165, 1.54) is 0 Å². The minimum atomic E-state index is -0.490. The summed E-state index contributed by atoms with van der Waals surface area (Å²) in [4.78, 5) is 0. The summed E-state index contributed by atoms with van der Waals surface area (Å²) in [6, 6.07) is 15.5. The molecule has 0 amide bonds. The summed E-state index contributed by atoms with van der Waals surface area (Å²) >= 11 is 0. The fourth-order valence-electron chi connectivity index (χ4n) is 2.15. The Hall–Kier alpha value is -2.00. The quantitative estimate of drug-likeness (QED) is 0.876. The second-order valence-corrected chi connectivity index (χ2v) is 4.68. The normalized spacial score (nSPS) is 11.9. The molecule has 0 aliphatic carbocycles. The Balaban J connectivity index is 1.98. The number of hydrogen-bond acceptors (Lipinski definition) is 3. The van der Waals surface area contributed by atoms with Gasteiger partial charge in [-0.25, -0.2) is 0 Å². The van der Waals surface area contributed by atoms with Crippen LogP contribution in [0.25, 0.3) is 0 Å². The first-order valence-electron chi connectivity index (χ1n) is 6.68. The smallest absolute Gasteiger partial charge is 0.119 e. The molecule has 0 fully saturated rings. The van der Waals surface area contributed by atoms with Crippen molar-refractivity contribution in [2.45, 2.75) is 18.9 Å². The molecule has 2 aromatic rings. The van der Waals surface area contributed by atoms with Gasteiger partial charge in [-0.05, 0) is 48.2 Å². The van der Waals surface area contributed by atoms with Gasteiger partial charge in [-0.1, -0.05) is 24.3 Å². The van der Waals surface area contributed by atoms with E-state index in [-0.39, 0.29) is 0 Å². The number of methoxy groups -OCH3 is 2. The zero-order valence-electron chi connectivity index (χ0n) is 11.9. The summed E-state index contributed by atoms with van der Waals surface area (Å²) < 4.78 is 10.4. The lowest BCUT2D eigenvalue weighted by Crippen LogP contribution is -2.00. The van der Waals surface area contributed by atoms with Crippen LogP contribution in [0.5, 0.6) is 11.5 Å². The zero-order chi connectivity index (χ0) is 14.4. The highest BCUT2D eigenvalue weighted by Gasteiger charge is 2.09. The van der Waals surface area contributed by atoms with Gasteiger partial charge in [0.2, 0.25) is 0 Å². The van der Waals surface area contributed by atoms with Crippen molar-refractivity contribution >= 4 is 0 Å². The molecular weight excluding hydrogens is 252 g/mol. The molecule has 1 N–H and O–H groups in total. The van der Waals surface area contributed by atoms with Crippen LogP contribution in [0, 0.1) is 0 Å². The first kappa shape index (κ1) is 14.4. The number of aryl methyl sites for hydroxylation is 1. The average molecular weight is 272 g/mol. The highest BCUT2D eigenvalue weighted by Crippen LogP contribution is 2.23. The molecule has 0 saturated carbocycles. The van der Waals surface area contributed by atoms with Gasteiger partial charge in [-0.2, -0.15) is 0 Å². The predicted molar refractivity (Wildman–Crippen MR) is 79.3 cm³/mol. The molecule has 0 saturated heterocycles. The van der Waals surface area contributed by atoms with Crippen molar-refractivity contribution < 1.29 is 14.6 Å². The maximum absolute atomic E-state index is 10.2. The lowest BCUT2D eigenvalue weighted by molar-refractivity contribution is 0.167. The molecule has 3 heteroatoms. The van der Waals surface area contributed by atoms with E-state index in [0.717, 1.165) is 29.0 Å². The standard InChI is InChI=1S/C17H20O3/c1-19-15-7-3-5-13(11-15)9-10-17(18)14-6-4-8-16(12-14)20-2/h3-8,11-12,17-18H,9-10H2,1-2H3. The van der Waals surface area contributed by atoms with Crippen LogP contribution < -0.4 is 9.47 Å². The van der Waals surface area contributed by atoms with Crippen molar-refractivity contribution in [3.8, 4) is 11.5 Å². The topological polar surface area (TPSA) is 38.7 Å². The van der Waals surface area contributed by atoms with Crippen molar-refractivity contribution in [3.05, 3.63) is 59.7 Å². The maximum Gasteiger partial charge on any atom is 0.119 e. The fraction of sp³-hybridized carbons (Fsp3) is 0.294. The van der Waals surface area contributed by atoms with E-state index in [2.05, 4.69) is 0 Å². The second kappa shape index (κ2) is 6.96. The third-order valence-electron chi connectivity index (χ3n) is 3.32. The number of hydrogen-bond donors (Lipinski definition) is 1. The van der Waals surface area contributed by atoms with E-state index in [4.69, 9.17) is 9.47 Å². The predicted octanol–water partition coefficient (Wildman–Crippen LogP) is 3.37. The number of aliphatic hydroxyl groups excluding tert-OH is 1. The Bertz CT molecular complexity index is 551. The molecule has 0 heterocycles. The molecular formula is C17H20O3. The van der Waals surface area contributed by atoms with E-state index in [0.29, 0.717) is 6.42 Å². The van der Waals surface area contributed by atoms with Crippen molar-refractivity contribution in [2.75, 3.05) is 14.2 Å². The molecule has 0 bridgehead atoms. The molecule has 3 nitrogen and oxygen atoms in total. The summed E-state index contributed by atoms with van der Waals surface area (Å²) in [6.07, 6.45) is 0.979. The third kappa shape index (κ3) is 3.75. The van der Waals surface area contributed by atoms with Crippen LogP contribution in [0.2, 0.25) is 0 Å². The van der Waals surface area contributed by atoms with Gasteiger partial charge in [0.25, 0.3) is 0 Å². The molecule has 0 aliphatic heterocycles. The molecule has 2 aromatic carbocycles. The van der Waals surface area contributed by atoms with Gasteiger partial charge < -0.3 is 14.6 Å². The van der Waals surface area contributed by atoms with Crippen LogP contribution in [-0.4, -0.2) is 19.3 Å². The van der Waals surface area contributed by atoms with E-state index in [1.54, 1.807) is 14.2 Å². The maximum atomic E-state index is 10.2. The number of aliphatic hydroxyl groups is 1. The molecule has 1 unspecified atom stereocenters. The second-order valence-electron chi connectivity index (χ2n) is 4.68. The summed E-state index contributed by atoms with van der Waals surface area (Å²) in [5.74, 6) is 1.61. The monoisotopic (exact) mass is 272 g/mol. The van der Waals surface area contributed by atoms with Gasteiger partial charge in [-0.15, -0.1) is 0 Å². The summed E-state index contributed by atoms with van der Waals surface area (Å²) in [5.41, 5.74) is 2.04. The zero-order valence-corrected chi connectivity index (χ0v) is 11.9. The first-order chi connectivity index (χ1) is 9.72. The highest BCUT2D eigenvalue weighted by molar-refractivity contribution is 5.31. The minimum Gasteiger partial charge on any atom is -0.497 e. The van der Waals surface area contributed by atoms with Gasteiger partial charge >= 0.3 is 0 Å². The minimum absolute atomic E-state index is 0.490. The summed E-state index contributed by atoms with van der Waals surface area (Å²) in [5, 5.41) is 10.2. The Kier molecular flexibility index (Phi) is 5.02. The van der Waals surface area contributed by atoms with Crippen LogP contribution in [0.4, 0.5) is 0 Å². The number of ether oxygens (including phenoxy) is 2. The van der Waals surface area contributed by atoms with Gasteiger partial charge in [0, 0.05) is 0 Å². The highest BCUT2D eigenvalue weighted by atomic mass is 16.5. The van der Waals surface area contributed by atoms with Crippen molar-refractivity contribution in [3.63, 3.8) is 0 Å².